The lowest BCUT2D eigenvalue weighted by molar-refractivity contribution is -0.137. The Kier molecular flexibility index (Phi) is 3.68. The summed E-state index contributed by atoms with van der Waals surface area (Å²) in [6.45, 7) is 0. The number of hydrogen-bond donors (Lipinski definition) is 2. The number of nitrogens with one attached hydrogen (secondary N) is 1. The summed E-state index contributed by atoms with van der Waals surface area (Å²) in [5.41, 5.74) is 8.03. The molecule has 1 unspecified atom stereocenters. The van der Waals surface area contributed by atoms with Crippen molar-refractivity contribution in [2.24, 2.45) is 0 Å². The molecule has 0 aliphatic heterocycles. The average molecular weight is 307 g/mol. The number of nitrogen functional groups attached to an aromatic ring is 1. The van der Waals surface area contributed by atoms with Crippen molar-refractivity contribution in [3.8, 4) is 0 Å². The van der Waals surface area contributed by atoms with Crippen molar-refractivity contribution in [2.75, 3.05) is 11.1 Å². The predicted octanol–water partition coefficient (Wildman–Crippen LogP) is 4.17. The summed E-state index contributed by atoms with van der Waals surface area (Å²) in [5, 5.41) is 3.12. The Bertz CT molecular complexity index is 683. The summed E-state index contributed by atoms with van der Waals surface area (Å²) >= 11 is 0. The van der Waals surface area contributed by atoms with Crippen molar-refractivity contribution in [1.82, 2.24) is 4.98 Å². The van der Waals surface area contributed by atoms with Crippen LogP contribution in [0.3, 0.4) is 0 Å². The number of hydrogen-bond acceptors (Lipinski definition) is 3. The third kappa shape index (κ3) is 3.00. The van der Waals surface area contributed by atoms with E-state index in [1.54, 1.807) is 0 Å². The second-order valence-corrected chi connectivity index (χ2v) is 5.47. The van der Waals surface area contributed by atoms with Crippen LogP contribution in [0.5, 0.6) is 0 Å². The van der Waals surface area contributed by atoms with Crippen molar-refractivity contribution in [3.05, 3.63) is 53.2 Å². The van der Waals surface area contributed by atoms with Gasteiger partial charge in [-0.2, -0.15) is 13.2 Å². The van der Waals surface area contributed by atoms with Crippen molar-refractivity contribution >= 4 is 11.5 Å². The fourth-order valence-corrected chi connectivity index (χ4v) is 2.85. The summed E-state index contributed by atoms with van der Waals surface area (Å²) in [6, 6.07) is 7.67. The molecule has 1 heterocycles. The number of halogens is 3. The second kappa shape index (κ2) is 5.51. The zero-order chi connectivity index (χ0) is 15.7. The highest BCUT2D eigenvalue weighted by atomic mass is 19.4. The molecular formula is C16H16F3N3. The first-order valence-corrected chi connectivity index (χ1v) is 7.11. The van der Waals surface area contributed by atoms with Crippen LogP contribution in [0.1, 0.15) is 35.6 Å². The molecule has 1 atom stereocenters. The van der Waals surface area contributed by atoms with Crippen LogP contribution in [-0.2, 0) is 12.6 Å². The van der Waals surface area contributed by atoms with Gasteiger partial charge in [0, 0.05) is 11.9 Å². The number of alkyl halides is 3. The molecule has 0 radical (unpaired) electrons. The Balaban J connectivity index is 1.86. The predicted molar refractivity (Wildman–Crippen MR) is 79.4 cm³/mol. The average Bonchev–Trinajstić information content (AvgIpc) is 2.46. The van der Waals surface area contributed by atoms with Gasteiger partial charge < -0.3 is 11.1 Å². The van der Waals surface area contributed by atoms with E-state index in [0.717, 1.165) is 42.5 Å². The number of aryl methyl sites for hydroxylation is 1. The first kappa shape index (κ1) is 14.7. The summed E-state index contributed by atoms with van der Waals surface area (Å²) < 4.78 is 38.3. The van der Waals surface area contributed by atoms with E-state index in [1.165, 1.54) is 6.20 Å². The van der Waals surface area contributed by atoms with Crippen molar-refractivity contribution in [2.45, 2.75) is 31.5 Å². The molecule has 1 aromatic carbocycles. The molecule has 0 saturated carbocycles. The number of nitrogens with two attached hydrogens (primary N) is 1. The van der Waals surface area contributed by atoms with E-state index in [-0.39, 0.29) is 11.9 Å². The highest BCUT2D eigenvalue weighted by Gasteiger charge is 2.31. The third-order valence-corrected chi connectivity index (χ3v) is 3.89. The molecule has 0 spiro atoms. The number of aromatic nitrogens is 1. The molecule has 22 heavy (non-hydrogen) atoms. The maximum atomic E-state index is 12.8. The normalized spacial score (nSPS) is 17.9. The van der Waals surface area contributed by atoms with Gasteiger partial charge in [0.2, 0.25) is 0 Å². The minimum Gasteiger partial charge on any atom is -0.399 e. The molecule has 116 valence electrons. The van der Waals surface area contributed by atoms with Crippen molar-refractivity contribution in [3.63, 3.8) is 0 Å². The van der Waals surface area contributed by atoms with Crippen LogP contribution in [-0.4, -0.2) is 4.98 Å². The fraction of sp³-hybridized carbons (Fsp3) is 0.312. The summed E-state index contributed by atoms with van der Waals surface area (Å²) in [5.74, 6) is 0.240. The quantitative estimate of drug-likeness (QED) is 0.819. The van der Waals surface area contributed by atoms with Crippen molar-refractivity contribution in [1.29, 1.82) is 0 Å². The molecule has 0 bridgehead atoms. The molecule has 3 nitrogen and oxygen atoms in total. The zero-order valence-corrected chi connectivity index (χ0v) is 11.8. The number of fused-ring (bicyclic) bond motifs is 1. The lowest BCUT2D eigenvalue weighted by atomic mass is 9.87. The van der Waals surface area contributed by atoms with Gasteiger partial charge >= 0.3 is 6.18 Å². The number of pyridine rings is 1. The van der Waals surface area contributed by atoms with Gasteiger partial charge in [0.1, 0.15) is 5.82 Å². The molecule has 0 saturated heterocycles. The van der Waals surface area contributed by atoms with Crippen LogP contribution < -0.4 is 11.1 Å². The van der Waals surface area contributed by atoms with Gasteiger partial charge in [-0.15, -0.1) is 0 Å². The van der Waals surface area contributed by atoms with E-state index in [2.05, 4.69) is 10.3 Å². The Morgan fingerprint density at radius 2 is 2.00 bits per heavy atom. The molecule has 2 aromatic rings. The van der Waals surface area contributed by atoms with Crippen LogP contribution in [0.15, 0.2) is 36.5 Å². The molecular weight excluding hydrogens is 291 g/mol. The highest BCUT2D eigenvalue weighted by molar-refractivity contribution is 5.49. The molecule has 0 amide bonds. The number of anilines is 2. The van der Waals surface area contributed by atoms with Gasteiger partial charge in [0.25, 0.3) is 0 Å². The SMILES string of the molecule is Nc1ccc2c(c1)CCCC2Nc1cc(C(F)(F)F)ccn1. The Morgan fingerprint density at radius 1 is 1.18 bits per heavy atom. The van der Waals surface area contributed by atoms with Gasteiger partial charge in [0.15, 0.2) is 0 Å². The minimum absolute atomic E-state index is 0.0414. The maximum absolute atomic E-state index is 12.8. The maximum Gasteiger partial charge on any atom is 0.416 e. The molecule has 3 N–H and O–H groups in total. The minimum atomic E-state index is -4.36. The highest BCUT2D eigenvalue weighted by Crippen LogP contribution is 2.35. The van der Waals surface area contributed by atoms with Crippen LogP contribution in [0.25, 0.3) is 0 Å². The van der Waals surface area contributed by atoms with Crippen LogP contribution in [0.4, 0.5) is 24.7 Å². The summed E-state index contributed by atoms with van der Waals surface area (Å²) in [6.07, 6.45) is -0.424. The largest absolute Gasteiger partial charge is 0.416 e. The van der Waals surface area contributed by atoms with E-state index in [0.29, 0.717) is 5.69 Å². The second-order valence-electron chi connectivity index (χ2n) is 5.47. The van der Waals surface area contributed by atoms with Gasteiger partial charge in [0.05, 0.1) is 11.6 Å². The first-order chi connectivity index (χ1) is 10.4. The molecule has 1 aliphatic carbocycles. The van der Waals surface area contributed by atoms with Crippen molar-refractivity contribution < 1.29 is 13.2 Å². The monoisotopic (exact) mass is 307 g/mol. The Morgan fingerprint density at radius 3 is 2.77 bits per heavy atom. The Labute approximate surface area is 126 Å². The van der Waals surface area contributed by atoms with Gasteiger partial charge in [-0.3, -0.25) is 0 Å². The van der Waals surface area contributed by atoms with Gasteiger partial charge in [-0.1, -0.05) is 6.07 Å². The molecule has 1 aliphatic rings. The van der Waals surface area contributed by atoms with E-state index < -0.39 is 11.7 Å². The van der Waals surface area contributed by atoms with Crippen LogP contribution in [0, 0.1) is 0 Å². The van der Waals surface area contributed by atoms with E-state index in [9.17, 15) is 13.2 Å². The first-order valence-electron chi connectivity index (χ1n) is 7.11. The number of benzene rings is 1. The lowest BCUT2D eigenvalue weighted by Crippen LogP contribution is -2.18. The van der Waals surface area contributed by atoms with E-state index in [4.69, 9.17) is 5.73 Å². The standard InChI is InChI=1S/C16H16F3N3/c17-16(18,19)11-6-7-21-15(9-11)22-14-3-1-2-10-8-12(20)4-5-13(10)14/h4-9,14H,1-3,20H2,(H,21,22). The van der Waals surface area contributed by atoms with Crippen LogP contribution in [0.2, 0.25) is 0 Å². The molecule has 6 heteroatoms. The summed E-state index contributed by atoms with van der Waals surface area (Å²) in [7, 11) is 0. The smallest absolute Gasteiger partial charge is 0.399 e. The topological polar surface area (TPSA) is 50.9 Å². The van der Waals surface area contributed by atoms with Gasteiger partial charge in [-0.25, -0.2) is 4.98 Å². The number of nitrogens with zero attached hydrogens (tertiary/aromatic N) is 1. The Hall–Kier alpha value is -2.24. The fourth-order valence-electron chi connectivity index (χ4n) is 2.85. The number of rotatable bonds is 2. The third-order valence-electron chi connectivity index (χ3n) is 3.89. The molecule has 3 rings (SSSR count). The molecule has 0 fully saturated rings. The van der Waals surface area contributed by atoms with E-state index >= 15 is 0 Å². The molecule has 1 aromatic heterocycles. The van der Waals surface area contributed by atoms with Crippen LogP contribution >= 0.6 is 0 Å². The van der Waals surface area contributed by atoms with E-state index in [1.807, 2.05) is 18.2 Å². The lowest BCUT2D eigenvalue weighted by Gasteiger charge is -2.27. The van der Waals surface area contributed by atoms with Gasteiger partial charge in [-0.05, 0) is 54.7 Å². The summed E-state index contributed by atoms with van der Waals surface area (Å²) in [4.78, 5) is 4.00. The zero-order valence-electron chi connectivity index (χ0n) is 11.8.